The Hall–Kier alpha value is -2.37. The van der Waals surface area contributed by atoms with Gasteiger partial charge < -0.3 is 9.42 Å². The number of rotatable bonds is 5. The van der Waals surface area contributed by atoms with E-state index in [1.807, 2.05) is 23.7 Å². The lowest BCUT2D eigenvalue weighted by Gasteiger charge is -2.20. The minimum absolute atomic E-state index is 0.365. The number of anilines is 1. The Morgan fingerprint density at radius 3 is 2.82 bits per heavy atom. The summed E-state index contributed by atoms with van der Waals surface area (Å²) in [5, 5.41) is 8.41. The molecule has 0 saturated heterocycles. The van der Waals surface area contributed by atoms with Gasteiger partial charge in [-0.05, 0) is 12.3 Å². The SMILES string of the molecule is CCc1cc(CN(C)c2cc(C(C)C)nc3ccnn23)on1. The van der Waals surface area contributed by atoms with E-state index in [1.54, 1.807) is 6.20 Å². The zero-order valence-electron chi connectivity index (χ0n) is 13.4. The summed E-state index contributed by atoms with van der Waals surface area (Å²) < 4.78 is 7.23. The molecule has 22 heavy (non-hydrogen) atoms. The molecule has 3 aromatic rings. The van der Waals surface area contributed by atoms with Crippen LogP contribution in [-0.2, 0) is 13.0 Å². The third kappa shape index (κ3) is 2.68. The second-order valence-corrected chi connectivity index (χ2v) is 5.79. The van der Waals surface area contributed by atoms with Crippen LogP contribution in [0.25, 0.3) is 5.65 Å². The van der Waals surface area contributed by atoms with Gasteiger partial charge in [-0.25, -0.2) is 4.98 Å². The van der Waals surface area contributed by atoms with E-state index in [0.717, 1.165) is 35.0 Å². The molecule has 0 atom stereocenters. The van der Waals surface area contributed by atoms with Crippen LogP contribution in [0.1, 0.15) is 43.8 Å². The van der Waals surface area contributed by atoms with Crippen LogP contribution in [0, 0.1) is 0 Å². The van der Waals surface area contributed by atoms with Gasteiger partial charge in [0.1, 0.15) is 5.82 Å². The minimum Gasteiger partial charge on any atom is -0.359 e. The van der Waals surface area contributed by atoms with Gasteiger partial charge in [-0.3, -0.25) is 0 Å². The Bertz CT molecular complexity index is 774. The molecule has 0 fully saturated rings. The number of aryl methyl sites for hydroxylation is 1. The standard InChI is InChI=1S/C16H21N5O/c1-5-12-8-13(22-19-12)10-20(4)16-9-14(11(2)3)18-15-6-7-17-21(15)16/h6-9,11H,5,10H2,1-4H3. The second-order valence-electron chi connectivity index (χ2n) is 5.79. The van der Waals surface area contributed by atoms with Crippen molar-refractivity contribution in [3.05, 3.63) is 41.5 Å². The highest BCUT2D eigenvalue weighted by Crippen LogP contribution is 2.22. The van der Waals surface area contributed by atoms with Crippen LogP contribution in [0.3, 0.4) is 0 Å². The van der Waals surface area contributed by atoms with Gasteiger partial charge in [0.05, 0.1) is 18.4 Å². The van der Waals surface area contributed by atoms with Crippen LogP contribution in [0.2, 0.25) is 0 Å². The lowest BCUT2D eigenvalue weighted by Crippen LogP contribution is -2.20. The number of nitrogens with zero attached hydrogens (tertiary/aromatic N) is 5. The Balaban J connectivity index is 1.95. The van der Waals surface area contributed by atoms with E-state index in [4.69, 9.17) is 4.52 Å². The average Bonchev–Trinajstić information content (AvgIpc) is 3.14. The fraction of sp³-hybridized carbons (Fsp3) is 0.438. The van der Waals surface area contributed by atoms with Gasteiger partial charge >= 0.3 is 0 Å². The molecular formula is C16H21N5O. The van der Waals surface area contributed by atoms with E-state index < -0.39 is 0 Å². The third-order valence-electron chi connectivity index (χ3n) is 3.71. The van der Waals surface area contributed by atoms with Crippen molar-refractivity contribution in [2.75, 3.05) is 11.9 Å². The Labute approximate surface area is 129 Å². The molecule has 0 unspecified atom stereocenters. The van der Waals surface area contributed by atoms with Crippen LogP contribution in [-0.4, -0.2) is 26.8 Å². The molecule has 6 heteroatoms. The predicted octanol–water partition coefficient (Wildman–Crippen LogP) is 3.04. The fourth-order valence-corrected chi connectivity index (χ4v) is 2.39. The molecule has 6 nitrogen and oxygen atoms in total. The Kier molecular flexibility index (Phi) is 3.83. The maximum Gasteiger partial charge on any atom is 0.157 e. The van der Waals surface area contributed by atoms with Gasteiger partial charge in [-0.1, -0.05) is 25.9 Å². The minimum atomic E-state index is 0.365. The van der Waals surface area contributed by atoms with E-state index in [-0.39, 0.29) is 0 Å². The molecule has 0 aliphatic rings. The molecule has 0 amide bonds. The lowest BCUT2D eigenvalue weighted by molar-refractivity contribution is 0.377. The zero-order chi connectivity index (χ0) is 15.7. The number of hydrogen-bond donors (Lipinski definition) is 0. The van der Waals surface area contributed by atoms with Gasteiger partial charge in [-0.15, -0.1) is 0 Å². The molecule has 0 saturated carbocycles. The molecule has 0 aliphatic carbocycles. The number of aromatic nitrogens is 4. The summed E-state index contributed by atoms with van der Waals surface area (Å²) >= 11 is 0. The normalized spacial score (nSPS) is 11.5. The fourth-order valence-electron chi connectivity index (χ4n) is 2.39. The molecule has 116 valence electrons. The highest BCUT2D eigenvalue weighted by molar-refractivity contribution is 5.51. The molecule has 3 aromatic heterocycles. The molecule has 0 bridgehead atoms. The maximum absolute atomic E-state index is 5.38. The van der Waals surface area contributed by atoms with Gasteiger partial charge in [0.2, 0.25) is 0 Å². The first kappa shape index (κ1) is 14.6. The number of fused-ring (bicyclic) bond motifs is 1. The second kappa shape index (κ2) is 5.79. The Morgan fingerprint density at radius 2 is 2.14 bits per heavy atom. The lowest BCUT2D eigenvalue weighted by atomic mass is 10.1. The molecule has 0 radical (unpaired) electrons. The van der Waals surface area contributed by atoms with Crippen LogP contribution in [0.15, 0.2) is 28.9 Å². The maximum atomic E-state index is 5.38. The van der Waals surface area contributed by atoms with Crippen molar-refractivity contribution in [3.8, 4) is 0 Å². The summed E-state index contributed by atoms with van der Waals surface area (Å²) in [5.41, 5.74) is 2.90. The number of hydrogen-bond acceptors (Lipinski definition) is 5. The molecule has 3 rings (SSSR count). The van der Waals surface area contributed by atoms with Crippen molar-refractivity contribution in [2.45, 2.75) is 39.7 Å². The highest BCUT2D eigenvalue weighted by atomic mass is 16.5. The topological polar surface area (TPSA) is 59.5 Å². The highest BCUT2D eigenvalue weighted by Gasteiger charge is 2.14. The molecule has 0 spiro atoms. The molecule has 3 heterocycles. The van der Waals surface area contributed by atoms with Crippen molar-refractivity contribution in [2.24, 2.45) is 0 Å². The van der Waals surface area contributed by atoms with E-state index in [9.17, 15) is 0 Å². The largest absolute Gasteiger partial charge is 0.359 e. The van der Waals surface area contributed by atoms with Gasteiger partial charge in [0.15, 0.2) is 11.4 Å². The summed E-state index contributed by atoms with van der Waals surface area (Å²) in [4.78, 5) is 6.74. The van der Waals surface area contributed by atoms with Crippen LogP contribution in [0.4, 0.5) is 5.82 Å². The van der Waals surface area contributed by atoms with Crippen LogP contribution >= 0.6 is 0 Å². The van der Waals surface area contributed by atoms with Gasteiger partial charge in [0, 0.05) is 30.9 Å². The average molecular weight is 299 g/mol. The zero-order valence-corrected chi connectivity index (χ0v) is 13.4. The first-order valence-electron chi connectivity index (χ1n) is 7.58. The quantitative estimate of drug-likeness (QED) is 0.724. The first-order chi connectivity index (χ1) is 10.6. The first-order valence-corrected chi connectivity index (χ1v) is 7.58. The summed E-state index contributed by atoms with van der Waals surface area (Å²) in [6.07, 6.45) is 2.65. The van der Waals surface area contributed by atoms with Crippen LogP contribution in [0.5, 0.6) is 0 Å². The van der Waals surface area contributed by atoms with E-state index in [0.29, 0.717) is 12.5 Å². The smallest absolute Gasteiger partial charge is 0.157 e. The summed E-state index contributed by atoms with van der Waals surface area (Å²) in [6.45, 7) is 6.99. The third-order valence-corrected chi connectivity index (χ3v) is 3.71. The van der Waals surface area contributed by atoms with E-state index in [2.05, 4.69) is 47.0 Å². The van der Waals surface area contributed by atoms with Crippen molar-refractivity contribution in [1.29, 1.82) is 0 Å². The van der Waals surface area contributed by atoms with Crippen molar-refractivity contribution in [1.82, 2.24) is 19.8 Å². The predicted molar refractivity (Wildman–Crippen MR) is 85.1 cm³/mol. The van der Waals surface area contributed by atoms with Crippen molar-refractivity contribution < 1.29 is 4.52 Å². The molecule has 0 aromatic carbocycles. The van der Waals surface area contributed by atoms with E-state index in [1.165, 1.54) is 0 Å². The molecule has 0 N–H and O–H groups in total. The van der Waals surface area contributed by atoms with Crippen LogP contribution < -0.4 is 4.90 Å². The monoisotopic (exact) mass is 299 g/mol. The summed E-state index contributed by atoms with van der Waals surface area (Å²) in [5.74, 6) is 2.21. The summed E-state index contributed by atoms with van der Waals surface area (Å²) in [7, 11) is 2.02. The Morgan fingerprint density at radius 1 is 1.32 bits per heavy atom. The van der Waals surface area contributed by atoms with E-state index >= 15 is 0 Å². The van der Waals surface area contributed by atoms with Crippen molar-refractivity contribution >= 4 is 11.5 Å². The van der Waals surface area contributed by atoms with Crippen molar-refractivity contribution in [3.63, 3.8) is 0 Å². The molecule has 0 aliphatic heterocycles. The van der Waals surface area contributed by atoms with Gasteiger partial charge in [0.25, 0.3) is 0 Å². The summed E-state index contributed by atoms with van der Waals surface area (Å²) in [6, 6.07) is 6.01. The van der Waals surface area contributed by atoms with Gasteiger partial charge in [-0.2, -0.15) is 9.61 Å². The molecular weight excluding hydrogens is 278 g/mol.